The van der Waals surface area contributed by atoms with Crippen LogP contribution >= 0.6 is 0 Å². The molecule has 2 heterocycles. The maximum absolute atomic E-state index is 14.2. The molecule has 11 heteroatoms. The van der Waals surface area contributed by atoms with Gasteiger partial charge in [0.25, 0.3) is 0 Å². The summed E-state index contributed by atoms with van der Waals surface area (Å²) >= 11 is 0. The van der Waals surface area contributed by atoms with Gasteiger partial charge in [-0.05, 0) is 51.7 Å². The number of anilines is 1. The van der Waals surface area contributed by atoms with Gasteiger partial charge in [0.05, 0.1) is 26.3 Å². The Hall–Kier alpha value is -5.60. The maximum Gasteiger partial charge on any atom is 0.333 e. The summed E-state index contributed by atoms with van der Waals surface area (Å²) in [6.45, 7) is 0.292. The number of nitrogens with zero attached hydrogens (tertiary/aromatic N) is 5. The van der Waals surface area contributed by atoms with Crippen molar-refractivity contribution in [3.8, 4) is 11.8 Å². The highest BCUT2D eigenvalue weighted by Gasteiger charge is 2.52. The first-order chi connectivity index (χ1) is 22.4. The van der Waals surface area contributed by atoms with Gasteiger partial charge < -0.3 is 25.6 Å². The number of amides is 4. The number of nitrogen functional groups attached to an aromatic ring is 1. The fourth-order valence-corrected chi connectivity index (χ4v) is 6.26. The second kappa shape index (κ2) is 13.2. The van der Waals surface area contributed by atoms with Crippen molar-refractivity contribution in [3.63, 3.8) is 0 Å². The van der Waals surface area contributed by atoms with Gasteiger partial charge in [-0.15, -0.1) is 0 Å². The first kappa shape index (κ1) is 30.4. The Morgan fingerprint density at radius 3 is 2.46 bits per heavy atom. The molecule has 11 nitrogen and oxygen atoms in total. The smallest absolute Gasteiger partial charge is 0.333 e. The van der Waals surface area contributed by atoms with Crippen LogP contribution in [0.5, 0.6) is 5.75 Å². The third-order valence-electron chi connectivity index (χ3n) is 8.58. The lowest BCUT2D eigenvalue weighted by atomic mass is 9.99. The number of carbonyl (C=O) groups excluding carboxylic acids is 3. The van der Waals surface area contributed by atoms with Crippen LogP contribution in [0.4, 0.5) is 10.5 Å². The number of hydrogen-bond donors (Lipinski definition) is 2. The molecular weight excluding hydrogens is 582 g/mol. The highest BCUT2D eigenvalue weighted by molar-refractivity contribution is 5.92. The predicted octanol–water partition coefficient (Wildman–Crippen LogP) is 3.50. The average molecular weight is 618 g/mol. The third-order valence-corrected chi connectivity index (χ3v) is 8.58. The van der Waals surface area contributed by atoms with Crippen LogP contribution in [0.3, 0.4) is 0 Å². The molecular formula is C35H35N7O4. The summed E-state index contributed by atoms with van der Waals surface area (Å²) in [5.41, 5.74) is 9.19. The van der Waals surface area contributed by atoms with E-state index >= 15 is 0 Å². The monoisotopic (exact) mass is 617 g/mol. The Bertz CT molecular complexity index is 1780. The number of nitrogens with one attached hydrogen (secondary N) is 1. The molecule has 3 N–H and O–H groups in total. The molecule has 0 spiro atoms. The fourth-order valence-electron chi connectivity index (χ4n) is 6.26. The van der Waals surface area contributed by atoms with Crippen LogP contribution in [-0.4, -0.2) is 76.6 Å². The van der Waals surface area contributed by atoms with Gasteiger partial charge in [0.15, 0.2) is 0 Å². The van der Waals surface area contributed by atoms with Crippen molar-refractivity contribution in [2.45, 2.75) is 31.7 Å². The van der Waals surface area contributed by atoms with Crippen LogP contribution in [0.15, 0.2) is 91.0 Å². The van der Waals surface area contributed by atoms with Crippen molar-refractivity contribution in [1.82, 2.24) is 25.1 Å². The minimum Gasteiger partial charge on any atom is -0.497 e. The molecule has 234 valence electrons. The van der Waals surface area contributed by atoms with Gasteiger partial charge in [-0.1, -0.05) is 66.7 Å². The predicted molar refractivity (Wildman–Crippen MR) is 173 cm³/mol. The van der Waals surface area contributed by atoms with E-state index in [2.05, 4.69) is 11.4 Å². The zero-order valence-corrected chi connectivity index (χ0v) is 25.5. The van der Waals surface area contributed by atoms with E-state index < -0.39 is 18.2 Å². The molecule has 0 unspecified atom stereocenters. The Labute approximate surface area is 267 Å². The lowest BCUT2D eigenvalue weighted by Gasteiger charge is -2.46. The Morgan fingerprint density at radius 2 is 1.72 bits per heavy atom. The van der Waals surface area contributed by atoms with Crippen LogP contribution < -0.4 is 15.8 Å². The molecule has 2 saturated heterocycles. The van der Waals surface area contributed by atoms with Crippen molar-refractivity contribution in [1.29, 1.82) is 5.26 Å². The molecule has 0 bridgehead atoms. The van der Waals surface area contributed by atoms with Gasteiger partial charge in [-0.2, -0.15) is 10.3 Å². The quantitative estimate of drug-likeness (QED) is 0.217. The average Bonchev–Trinajstić information content (AvgIpc) is 3.40. The van der Waals surface area contributed by atoms with E-state index in [9.17, 15) is 19.6 Å². The van der Waals surface area contributed by atoms with Gasteiger partial charge >= 0.3 is 6.03 Å². The minimum absolute atomic E-state index is 0.143. The normalized spacial score (nSPS) is 17.9. The number of hydrogen-bond acceptors (Lipinski definition) is 7. The zero-order chi connectivity index (χ0) is 32.2. The van der Waals surface area contributed by atoms with E-state index in [1.165, 1.54) is 5.01 Å². The van der Waals surface area contributed by atoms with Crippen LogP contribution in [-0.2, 0) is 29.1 Å². The lowest BCUT2D eigenvalue weighted by molar-refractivity contribution is -0.157. The van der Waals surface area contributed by atoms with E-state index in [1.54, 1.807) is 46.2 Å². The van der Waals surface area contributed by atoms with Crippen LogP contribution in [0, 0.1) is 11.3 Å². The summed E-state index contributed by atoms with van der Waals surface area (Å²) in [6.07, 6.45) is -0.373. The van der Waals surface area contributed by atoms with Crippen molar-refractivity contribution in [2.75, 3.05) is 32.5 Å². The van der Waals surface area contributed by atoms with E-state index in [0.29, 0.717) is 18.0 Å². The number of benzene rings is 4. The molecule has 46 heavy (non-hydrogen) atoms. The second-order valence-corrected chi connectivity index (χ2v) is 11.4. The number of ether oxygens (including phenoxy) is 1. The third kappa shape index (κ3) is 6.16. The number of rotatable bonds is 9. The molecule has 2 atom stereocenters. The number of urea groups is 1. The number of carbonyl (C=O) groups is 3. The number of nitrogens with two attached hydrogens (primary N) is 1. The molecule has 0 aliphatic carbocycles. The van der Waals surface area contributed by atoms with E-state index in [0.717, 1.165) is 27.5 Å². The molecule has 0 radical (unpaired) electrons. The molecule has 2 fully saturated rings. The first-order valence-electron chi connectivity index (χ1n) is 15.1. The Morgan fingerprint density at radius 1 is 1.00 bits per heavy atom. The van der Waals surface area contributed by atoms with E-state index in [-0.39, 0.29) is 44.4 Å². The van der Waals surface area contributed by atoms with Crippen LogP contribution in [0.2, 0.25) is 0 Å². The van der Waals surface area contributed by atoms with Crippen LogP contribution in [0.25, 0.3) is 10.8 Å². The van der Waals surface area contributed by atoms with Crippen LogP contribution in [0.1, 0.15) is 16.7 Å². The molecule has 4 aromatic rings. The van der Waals surface area contributed by atoms with E-state index in [1.807, 2.05) is 66.7 Å². The zero-order valence-electron chi connectivity index (χ0n) is 25.5. The van der Waals surface area contributed by atoms with Gasteiger partial charge in [-0.25, -0.2) is 9.80 Å². The van der Waals surface area contributed by atoms with Gasteiger partial charge in [0.1, 0.15) is 24.5 Å². The number of fused-ring (bicyclic) bond motifs is 2. The number of methoxy groups -OCH3 is 1. The summed E-state index contributed by atoms with van der Waals surface area (Å²) in [5.74, 6) is 0.242. The largest absolute Gasteiger partial charge is 0.497 e. The van der Waals surface area contributed by atoms with Gasteiger partial charge in [0.2, 0.25) is 11.8 Å². The molecule has 6 rings (SSSR count). The topological polar surface area (TPSA) is 135 Å². The van der Waals surface area contributed by atoms with Gasteiger partial charge in [0, 0.05) is 25.2 Å². The number of nitriles is 1. The number of piperazine rings is 1. The molecule has 4 amide bonds. The lowest BCUT2D eigenvalue weighted by Crippen LogP contribution is -2.66. The SMILES string of the molecule is COc1ccc(CNC(=O)N(CC#N)N2CC(=O)N3[C@@H](Cc4ccc(N)cc4)C(=O)N(Cc4cccc5ccccc45)C[C@@H]32)cc1. The number of hydrazine groups is 1. The standard InChI is InChI=1S/C35H35N7O4/c1-46-29-15-11-25(12-16-29)20-38-35(45)40(18-17-36)41-23-33(43)42-31(19-24-9-13-28(37)14-10-24)34(44)39(22-32(41)42)21-27-7-4-6-26-5-2-3-8-30(26)27/h2-16,31-32H,18-23,37H2,1H3,(H,38,45)/t31-,32+/m0/s1. The summed E-state index contributed by atoms with van der Waals surface area (Å²) in [5, 5.41) is 17.6. The maximum atomic E-state index is 14.2. The Balaban J connectivity index is 1.30. The van der Waals surface area contributed by atoms with Crippen molar-refractivity contribution in [2.24, 2.45) is 0 Å². The molecule has 2 aliphatic heterocycles. The highest BCUT2D eigenvalue weighted by Crippen LogP contribution is 2.31. The fraction of sp³-hybridized carbons (Fsp3) is 0.257. The second-order valence-electron chi connectivity index (χ2n) is 11.4. The van der Waals surface area contributed by atoms with E-state index in [4.69, 9.17) is 10.5 Å². The first-order valence-corrected chi connectivity index (χ1v) is 15.1. The molecule has 0 aromatic heterocycles. The summed E-state index contributed by atoms with van der Waals surface area (Å²) in [7, 11) is 1.58. The highest BCUT2D eigenvalue weighted by atomic mass is 16.5. The van der Waals surface area contributed by atoms with Crippen molar-refractivity contribution in [3.05, 3.63) is 108 Å². The summed E-state index contributed by atoms with van der Waals surface area (Å²) in [6, 6.07) is 29.3. The summed E-state index contributed by atoms with van der Waals surface area (Å²) < 4.78 is 5.21. The minimum atomic E-state index is -0.804. The molecule has 0 saturated carbocycles. The Kier molecular flexibility index (Phi) is 8.72. The van der Waals surface area contributed by atoms with Gasteiger partial charge in [-0.3, -0.25) is 9.59 Å². The van der Waals surface area contributed by atoms with Crippen molar-refractivity contribution >= 4 is 34.3 Å². The van der Waals surface area contributed by atoms with Crippen molar-refractivity contribution < 1.29 is 19.1 Å². The molecule has 2 aliphatic rings. The summed E-state index contributed by atoms with van der Waals surface area (Å²) in [4.78, 5) is 44.8. The molecule has 4 aromatic carbocycles.